The van der Waals surface area contributed by atoms with Crippen LogP contribution in [-0.4, -0.2) is 50.3 Å². The fraction of sp³-hybridized carbons (Fsp3) is 0.333. The third-order valence-electron chi connectivity index (χ3n) is 5.48. The largest absolute Gasteiger partial charge is 0.484 e. The van der Waals surface area contributed by atoms with E-state index in [0.29, 0.717) is 24.8 Å². The third kappa shape index (κ3) is 3.59. The summed E-state index contributed by atoms with van der Waals surface area (Å²) in [5, 5.41) is 8.02. The summed E-state index contributed by atoms with van der Waals surface area (Å²) in [6, 6.07) is 12.1. The second-order valence-corrected chi connectivity index (χ2v) is 7.45. The maximum atomic E-state index is 11.5. The van der Waals surface area contributed by atoms with Gasteiger partial charge in [-0.1, -0.05) is 24.3 Å². The highest BCUT2D eigenvalue weighted by molar-refractivity contribution is 5.89. The van der Waals surface area contributed by atoms with Crippen LogP contribution in [0.1, 0.15) is 33.7 Å². The van der Waals surface area contributed by atoms with Crippen molar-refractivity contribution in [3.8, 4) is 11.6 Å². The van der Waals surface area contributed by atoms with Gasteiger partial charge in [0.1, 0.15) is 12.4 Å². The molecule has 2 N–H and O–H groups in total. The number of aromatic nitrogens is 4. The van der Waals surface area contributed by atoms with Crippen LogP contribution in [-0.2, 0) is 19.5 Å². The van der Waals surface area contributed by atoms with E-state index in [9.17, 15) is 4.79 Å². The van der Waals surface area contributed by atoms with Gasteiger partial charge in [0, 0.05) is 38.8 Å². The molecule has 2 aliphatic rings. The van der Waals surface area contributed by atoms with Gasteiger partial charge < -0.3 is 19.8 Å². The molecule has 1 atom stereocenters. The zero-order chi connectivity index (χ0) is 20.5. The molecule has 30 heavy (non-hydrogen) atoms. The molecule has 2 aromatic heterocycles. The number of primary amides is 1. The average Bonchev–Trinajstić information content (AvgIpc) is 3.09. The van der Waals surface area contributed by atoms with E-state index in [2.05, 4.69) is 44.3 Å². The van der Waals surface area contributed by atoms with Gasteiger partial charge in [0.25, 0.3) is 11.8 Å². The Bertz CT molecular complexity index is 1060. The van der Waals surface area contributed by atoms with Crippen LogP contribution in [0, 0.1) is 0 Å². The van der Waals surface area contributed by atoms with E-state index < -0.39 is 5.91 Å². The van der Waals surface area contributed by atoms with Gasteiger partial charge in [0.2, 0.25) is 5.82 Å². The van der Waals surface area contributed by atoms with Gasteiger partial charge in [-0.3, -0.25) is 9.69 Å². The minimum Gasteiger partial charge on any atom is -0.484 e. The molecule has 4 heterocycles. The summed E-state index contributed by atoms with van der Waals surface area (Å²) < 4.78 is 13.6. The number of benzene rings is 1. The highest BCUT2D eigenvalue weighted by Crippen LogP contribution is 2.34. The van der Waals surface area contributed by atoms with Gasteiger partial charge in [-0.25, -0.2) is 4.98 Å². The molecule has 154 valence electrons. The Hall–Kier alpha value is -3.46. The number of hydrogen-bond donors (Lipinski definition) is 1. The number of pyridine rings is 1. The predicted octanol–water partition coefficient (Wildman–Crippen LogP) is 1.34. The highest BCUT2D eigenvalue weighted by atomic mass is 16.6. The summed E-state index contributed by atoms with van der Waals surface area (Å²) in [7, 11) is 0. The molecule has 0 saturated carbocycles. The van der Waals surface area contributed by atoms with Gasteiger partial charge in [0.05, 0.1) is 0 Å². The van der Waals surface area contributed by atoms with E-state index >= 15 is 0 Å². The van der Waals surface area contributed by atoms with Crippen molar-refractivity contribution >= 4 is 5.91 Å². The van der Waals surface area contributed by atoms with Gasteiger partial charge in [0.15, 0.2) is 11.9 Å². The van der Waals surface area contributed by atoms with Crippen LogP contribution >= 0.6 is 0 Å². The SMILES string of the molecule is NC(=O)c1nnc2n1CCN(Cc1ccc([C@H]3COc4cccnc4O3)cc1)CC2. The Kier molecular flexibility index (Phi) is 4.80. The Labute approximate surface area is 173 Å². The van der Waals surface area contributed by atoms with Crippen molar-refractivity contribution in [2.45, 2.75) is 25.6 Å². The summed E-state index contributed by atoms with van der Waals surface area (Å²) in [4.78, 5) is 18.1. The summed E-state index contributed by atoms with van der Waals surface area (Å²) >= 11 is 0. The standard InChI is InChI=1S/C21H22N6O3/c22-19(28)20-25-24-18-7-9-26(10-11-27(18)20)12-14-3-5-15(6-4-14)17-13-29-16-2-1-8-23-21(16)30-17/h1-6,8,17H,7,9-13H2,(H2,22,28)/t17-/m1/s1. The molecule has 0 aliphatic carbocycles. The number of carbonyl (C=O) groups is 1. The van der Waals surface area contributed by atoms with Crippen LogP contribution < -0.4 is 15.2 Å². The fourth-order valence-corrected chi connectivity index (χ4v) is 3.88. The first kappa shape index (κ1) is 18.6. The lowest BCUT2D eigenvalue weighted by Gasteiger charge is -2.26. The monoisotopic (exact) mass is 406 g/mol. The van der Waals surface area contributed by atoms with Gasteiger partial charge in [-0.2, -0.15) is 0 Å². The second kappa shape index (κ2) is 7.75. The van der Waals surface area contributed by atoms with Crippen LogP contribution in [0.15, 0.2) is 42.6 Å². The number of nitrogens with zero attached hydrogens (tertiary/aromatic N) is 5. The molecule has 5 rings (SSSR count). The second-order valence-electron chi connectivity index (χ2n) is 7.45. The Balaban J connectivity index is 1.22. The lowest BCUT2D eigenvalue weighted by Crippen LogP contribution is -2.27. The maximum absolute atomic E-state index is 11.5. The Morgan fingerprint density at radius 2 is 2.00 bits per heavy atom. The predicted molar refractivity (Wildman–Crippen MR) is 107 cm³/mol. The fourth-order valence-electron chi connectivity index (χ4n) is 3.88. The minimum atomic E-state index is -0.537. The van der Waals surface area contributed by atoms with E-state index in [4.69, 9.17) is 15.2 Å². The van der Waals surface area contributed by atoms with Gasteiger partial charge >= 0.3 is 0 Å². The topological polar surface area (TPSA) is 108 Å². The van der Waals surface area contributed by atoms with Crippen molar-refractivity contribution in [3.63, 3.8) is 0 Å². The van der Waals surface area contributed by atoms with Crippen LogP contribution in [0.3, 0.4) is 0 Å². The first-order chi connectivity index (χ1) is 14.7. The van der Waals surface area contributed by atoms with Crippen molar-refractivity contribution in [2.75, 3.05) is 19.7 Å². The molecule has 0 spiro atoms. The lowest BCUT2D eigenvalue weighted by molar-refractivity contribution is 0.0851. The van der Waals surface area contributed by atoms with Crippen molar-refractivity contribution in [1.29, 1.82) is 0 Å². The van der Waals surface area contributed by atoms with E-state index in [1.807, 2.05) is 16.7 Å². The van der Waals surface area contributed by atoms with E-state index in [0.717, 1.165) is 37.4 Å². The highest BCUT2D eigenvalue weighted by Gasteiger charge is 2.24. The van der Waals surface area contributed by atoms with Crippen molar-refractivity contribution < 1.29 is 14.3 Å². The van der Waals surface area contributed by atoms with Crippen molar-refractivity contribution in [1.82, 2.24) is 24.6 Å². The third-order valence-corrected chi connectivity index (χ3v) is 5.48. The number of fused-ring (bicyclic) bond motifs is 2. The Morgan fingerprint density at radius 3 is 2.83 bits per heavy atom. The molecular weight excluding hydrogens is 384 g/mol. The lowest BCUT2D eigenvalue weighted by atomic mass is 10.1. The van der Waals surface area contributed by atoms with E-state index in [1.165, 1.54) is 5.56 Å². The van der Waals surface area contributed by atoms with Crippen LogP contribution in [0.2, 0.25) is 0 Å². The molecule has 9 nitrogen and oxygen atoms in total. The maximum Gasteiger partial charge on any atom is 0.286 e. The molecule has 1 amide bonds. The number of nitrogens with two attached hydrogens (primary N) is 1. The number of ether oxygens (including phenoxy) is 2. The van der Waals surface area contributed by atoms with Crippen LogP contribution in [0.5, 0.6) is 11.6 Å². The molecule has 0 bridgehead atoms. The molecular formula is C21H22N6O3. The zero-order valence-corrected chi connectivity index (χ0v) is 16.4. The minimum absolute atomic E-state index is 0.170. The summed E-state index contributed by atoms with van der Waals surface area (Å²) in [5.41, 5.74) is 7.66. The molecule has 0 unspecified atom stereocenters. The number of carbonyl (C=O) groups excluding carboxylic acids is 1. The van der Waals surface area contributed by atoms with E-state index in [-0.39, 0.29) is 11.9 Å². The first-order valence-corrected chi connectivity index (χ1v) is 9.95. The molecule has 0 radical (unpaired) electrons. The van der Waals surface area contributed by atoms with Crippen LogP contribution in [0.4, 0.5) is 0 Å². The smallest absolute Gasteiger partial charge is 0.286 e. The van der Waals surface area contributed by atoms with Crippen molar-refractivity contribution in [2.24, 2.45) is 5.73 Å². The normalized spacial score (nSPS) is 18.5. The molecule has 3 aromatic rings. The Morgan fingerprint density at radius 1 is 1.13 bits per heavy atom. The van der Waals surface area contributed by atoms with Crippen LogP contribution in [0.25, 0.3) is 0 Å². The van der Waals surface area contributed by atoms with E-state index in [1.54, 1.807) is 6.20 Å². The van der Waals surface area contributed by atoms with Gasteiger partial charge in [-0.05, 0) is 23.3 Å². The van der Waals surface area contributed by atoms with Gasteiger partial charge in [-0.15, -0.1) is 10.2 Å². The first-order valence-electron chi connectivity index (χ1n) is 9.95. The summed E-state index contributed by atoms with van der Waals surface area (Å²) in [6.07, 6.45) is 2.26. The quantitative estimate of drug-likeness (QED) is 0.696. The number of amides is 1. The molecule has 0 saturated heterocycles. The summed E-state index contributed by atoms with van der Waals surface area (Å²) in [5.74, 6) is 1.72. The molecule has 9 heteroatoms. The zero-order valence-electron chi connectivity index (χ0n) is 16.4. The summed E-state index contributed by atoms with van der Waals surface area (Å²) in [6.45, 7) is 3.58. The van der Waals surface area contributed by atoms with Crippen molar-refractivity contribution in [3.05, 3.63) is 65.4 Å². The number of hydrogen-bond acceptors (Lipinski definition) is 7. The molecule has 2 aliphatic heterocycles. The number of rotatable bonds is 4. The average molecular weight is 406 g/mol. The molecule has 0 fully saturated rings. The molecule has 1 aromatic carbocycles.